The second-order valence-corrected chi connectivity index (χ2v) is 7.98. The minimum absolute atomic E-state index is 0.786. The number of piperazine rings is 1. The van der Waals surface area contributed by atoms with E-state index in [1.54, 1.807) is 7.11 Å². The second-order valence-electron chi connectivity index (χ2n) is 7.98. The Balaban J connectivity index is 1.76. The molecule has 0 aromatic heterocycles. The molecular weight excluding hydrogens is 376 g/mol. The monoisotopic (exact) mass is 418 g/mol. The van der Waals surface area contributed by atoms with Gasteiger partial charge in [0.15, 0.2) is 5.96 Å². The number of hydrogen-bond donors (Lipinski definition) is 2. The second kappa shape index (κ2) is 14.4. The molecular formula is C23H42N6O. The van der Waals surface area contributed by atoms with E-state index in [-0.39, 0.29) is 0 Å². The normalized spacial score (nSPS) is 16.2. The third kappa shape index (κ3) is 9.00. The zero-order valence-electron chi connectivity index (χ0n) is 19.5. The molecule has 0 unspecified atom stereocenters. The van der Waals surface area contributed by atoms with Gasteiger partial charge in [0.2, 0.25) is 0 Å². The van der Waals surface area contributed by atoms with Gasteiger partial charge in [-0.25, -0.2) is 0 Å². The SMILES string of the molecule is CCN1CCN(Cc2ccccc2CNC(=NC)NCCN(C)CCCOC)CC1. The van der Waals surface area contributed by atoms with Gasteiger partial charge in [0.25, 0.3) is 0 Å². The lowest BCUT2D eigenvalue weighted by Gasteiger charge is -2.34. The number of likely N-dealkylation sites (N-methyl/N-ethyl adjacent to an activating group) is 2. The molecule has 1 aromatic rings. The number of benzene rings is 1. The summed E-state index contributed by atoms with van der Waals surface area (Å²) in [6.07, 6.45) is 1.06. The van der Waals surface area contributed by atoms with Gasteiger partial charge < -0.3 is 25.2 Å². The Morgan fingerprint density at radius 1 is 1.07 bits per heavy atom. The van der Waals surface area contributed by atoms with Crippen LogP contribution in [0.4, 0.5) is 0 Å². The summed E-state index contributed by atoms with van der Waals surface area (Å²) < 4.78 is 5.12. The van der Waals surface area contributed by atoms with Gasteiger partial charge in [-0.3, -0.25) is 9.89 Å². The van der Waals surface area contributed by atoms with Crippen molar-refractivity contribution in [1.29, 1.82) is 0 Å². The Hall–Kier alpha value is -1.67. The van der Waals surface area contributed by atoms with Crippen LogP contribution in [0, 0.1) is 0 Å². The summed E-state index contributed by atoms with van der Waals surface area (Å²) in [7, 11) is 5.72. The van der Waals surface area contributed by atoms with E-state index in [1.807, 2.05) is 7.05 Å². The Morgan fingerprint density at radius 2 is 1.77 bits per heavy atom. The van der Waals surface area contributed by atoms with Gasteiger partial charge in [-0.15, -0.1) is 0 Å². The molecule has 7 nitrogen and oxygen atoms in total. The van der Waals surface area contributed by atoms with Gasteiger partial charge in [0, 0.05) is 79.7 Å². The fourth-order valence-electron chi connectivity index (χ4n) is 3.74. The van der Waals surface area contributed by atoms with Crippen molar-refractivity contribution in [2.24, 2.45) is 4.99 Å². The number of ether oxygens (including phenoxy) is 1. The smallest absolute Gasteiger partial charge is 0.191 e. The molecule has 7 heteroatoms. The van der Waals surface area contributed by atoms with Crippen LogP contribution in [0.5, 0.6) is 0 Å². The molecule has 0 amide bonds. The Morgan fingerprint density at radius 3 is 2.43 bits per heavy atom. The molecule has 170 valence electrons. The maximum Gasteiger partial charge on any atom is 0.191 e. The van der Waals surface area contributed by atoms with Crippen LogP contribution in [0.3, 0.4) is 0 Å². The van der Waals surface area contributed by atoms with Crippen molar-refractivity contribution in [3.8, 4) is 0 Å². The first kappa shape index (κ1) is 24.6. The molecule has 0 spiro atoms. The summed E-state index contributed by atoms with van der Waals surface area (Å²) in [5, 5.41) is 6.90. The van der Waals surface area contributed by atoms with E-state index in [1.165, 1.54) is 24.2 Å². The summed E-state index contributed by atoms with van der Waals surface area (Å²) in [4.78, 5) is 11.8. The van der Waals surface area contributed by atoms with Crippen LogP contribution >= 0.6 is 0 Å². The van der Waals surface area contributed by atoms with Gasteiger partial charge in [-0.1, -0.05) is 31.2 Å². The highest BCUT2D eigenvalue weighted by Gasteiger charge is 2.16. The van der Waals surface area contributed by atoms with Crippen molar-refractivity contribution in [1.82, 2.24) is 25.3 Å². The average Bonchev–Trinajstić information content (AvgIpc) is 2.77. The Kier molecular flexibility index (Phi) is 11.8. The largest absolute Gasteiger partial charge is 0.385 e. The van der Waals surface area contributed by atoms with Crippen LogP contribution in [0.25, 0.3) is 0 Å². The first-order valence-corrected chi connectivity index (χ1v) is 11.3. The van der Waals surface area contributed by atoms with E-state index in [2.05, 4.69) is 68.6 Å². The molecule has 0 saturated carbocycles. The van der Waals surface area contributed by atoms with Crippen LogP contribution in [-0.2, 0) is 17.8 Å². The molecule has 30 heavy (non-hydrogen) atoms. The summed E-state index contributed by atoms with van der Waals surface area (Å²) in [5.41, 5.74) is 2.75. The van der Waals surface area contributed by atoms with E-state index in [0.29, 0.717) is 0 Å². The van der Waals surface area contributed by atoms with Crippen LogP contribution < -0.4 is 10.6 Å². The number of guanidine groups is 1. The topological polar surface area (TPSA) is 55.4 Å². The first-order valence-electron chi connectivity index (χ1n) is 11.3. The van der Waals surface area contributed by atoms with Crippen molar-refractivity contribution >= 4 is 5.96 Å². The highest BCUT2D eigenvalue weighted by molar-refractivity contribution is 5.79. The highest BCUT2D eigenvalue weighted by atomic mass is 16.5. The van der Waals surface area contributed by atoms with Gasteiger partial charge in [-0.2, -0.15) is 0 Å². The maximum atomic E-state index is 5.12. The fourth-order valence-corrected chi connectivity index (χ4v) is 3.74. The van der Waals surface area contributed by atoms with Crippen LogP contribution in [0.1, 0.15) is 24.5 Å². The molecule has 0 atom stereocenters. The van der Waals surface area contributed by atoms with Crippen LogP contribution in [0.2, 0.25) is 0 Å². The van der Waals surface area contributed by atoms with E-state index < -0.39 is 0 Å². The van der Waals surface area contributed by atoms with Crippen LogP contribution in [0.15, 0.2) is 29.3 Å². The van der Waals surface area contributed by atoms with E-state index in [9.17, 15) is 0 Å². The standard InChI is InChI=1S/C23H42N6O/c1-5-28-14-16-29(17-15-28)20-22-10-7-6-9-21(22)19-26-23(24-2)25-11-13-27(3)12-8-18-30-4/h6-7,9-10H,5,8,11-20H2,1-4H3,(H2,24,25,26). The van der Waals surface area contributed by atoms with Crippen molar-refractivity contribution in [3.63, 3.8) is 0 Å². The summed E-state index contributed by atoms with van der Waals surface area (Å²) >= 11 is 0. The summed E-state index contributed by atoms with van der Waals surface area (Å²) in [6, 6.07) is 8.75. The molecule has 1 fully saturated rings. The molecule has 0 bridgehead atoms. The molecule has 0 aliphatic carbocycles. The lowest BCUT2D eigenvalue weighted by molar-refractivity contribution is 0.131. The average molecular weight is 419 g/mol. The minimum atomic E-state index is 0.786. The molecule has 1 saturated heterocycles. The van der Waals surface area contributed by atoms with E-state index in [4.69, 9.17) is 4.74 Å². The first-order chi connectivity index (χ1) is 14.7. The number of methoxy groups -OCH3 is 1. The van der Waals surface area contributed by atoms with Gasteiger partial charge >= 0.3 is 0 Å². The van der Waals surface area contributed by atoms with Crippen molar-refractivity contribution < 1.29 is 4.74 Å². The molecule has 1 aliphatic heterocycles. The lowest BCUT2D eigenvalue weighted by atomic mass is 10.1. The predicted octanol–water partition coefficient (Wildman–Crippen LogP) is 1.46. The van der Waals surface area contributed by atoms with Crippen molar-refractivity contribution in [2.75, 3.05) is 80.2 Å². The molecule has 2 N–H and O–H groups in total. The summed E-state index contributed by atoms with van der Waals surface area (Å²) in [6.45, 7) is 13.6. The zero-order chi connectivity index (χ0) is 21.6. The third-order valence-electron chi connectivity index (χ3n) is 5.77. The van der Waals surface area contributed by atoms with Crippen molar-refractivity contribution in [2.45, 2.75) is 26.4 Å². The Labute approximate surface area is 183 Å². The predicted molar refractivity (Wildman–Crippen MR) is 126 cm³/mol. The Bertz CT molecular complexity index is 615. The van der Waals surface area contributed by atoms with E-state index in [0.717, 1.165) is 71.3 Å². The molecule has 1 aliphatic rings. The highest BCUT2D eigenvalue weighted by Crippen LogP contribution is 2.13. The minimum Gasteiger partial charge on any atom is -0.385 e. The fraction of sp³-hybridized carbons (Fsp3) is 0.696. The molecule has 1 heterocycles. The molecule has 1 aromatic carbocycles. The number of nitrogens with zero attached hydrogens (tertiary/aromatic N) is 4. The van der Waals surface area contributed by atoms with Gasteiger partial charge in [0.1, 0.15) is 0 Å². The van der Waals surface area contributed by atoms with Crippen LogP contribution in [-0.4, -0.2) is 101 Å². The van der Waals surface area contributed by atoms with Crippen molar-refractivity contribution in [3.05, 3.63) is 35.4 Å². The van der Waals surface area contributed by atoms with Gasteiger partial charge in [-0.05, 0) is 31.1 Å². The number of aliphatic imine (C=N–C) groups is 1. The zero-order valence-corrected chi connectivity index (χ0v) is 19.5. The third-order valence-corrected chi connectivity index (χ3v) is 5.77. The summed E-state index contributed by atoms with van der Waals surface area (Å²) in [5.74, 6) is 0.853. The molecule has 2 rings (SSSR count). The van der Waals surface area contributed by atoms with Gasteiger partial charge in [0.05, 0.1) is 0 Å². The number of nitrogens with one attached hydrogen (secondary N) is 2. The quantitative estimate of drug-likeness (QED) is 0.305. The molecule has 0 radical (unpaired) electrons. The number of hydrogen-bond acceptors (Lipinski definition) is 5. The lowest BCUT2D eigenvalue weighted by Crippen LogP contribution is -2.45. The maximum absolute atomic E-state index is 5.12. The van der Waals surface area contributed by atoms with E-state index >= 15 is 0 Å². The number of rotatable bonds is 12.